The van der Waals surface area contributed by atoms with Crippen LogP contribution in [-0.2, 0) is 14.3 Å². The quantitative estimate of drug-likeness (QED) is 0.541. The number of carboxylic acids is 1. The molecule has 0 aromatic heterocycles. The van der Waals surface area contributed by atoms with Crippen LogP contribution in [0, 0.1) is 11.3 Å². The lowest BCUT2D eigenvalue weighted by Gasteiger charge is -2.22. The van der Waals surface area contributed by atoms with Gasteiger partial charge in [-0.2, -0.15) is 0 Å². The monoisotopic (exact) mass is 200 g/mol. The number of esters is 1. The highest BCUT2D eigenvalue weighted by atomic mass is 16.6. The summed E-state index contributed by atoms with van der Waals surface area (Å²) in [4.78, 5) is 22.5. The van der Waals surface area contributed by atoms with Crippen molar-refractivity contribution >= 4 is 11.9 Å². The van der Waals surface area contributed by atoms with E-state index >= 15 is 0 Å². The van der Waals surface area contributed by atoms with Gasteiger partial charge in [0, 0.05) is 0 Å². The number of aliphatic carboxylic acids is 1. The zero-order chi connectivity index (χ0) is 11.1. The molecule has 1 aliphatic rings. The summed E-state index contributed by atoms with van der Waals surface area (Å²) in [5.41, 5.74) is -1.89. The fourth-order valence-corrected chi connectivity index (χ4v) is 1.46. The summed E-state index contributed by atoms with van der Waals surface area (Å²) in [6.45, 7) is 6.94. The van der Waals surface area contributed by atoms with E-state index < -0.39 is 23.0 Å². The van der Waals surface area contributed by atoms with Crippen molar-refractivity contribution in [2.24, 2.45) is 11.3 Å². The normalized spacial score (nSPS) is 31.0. The number of carbonyl (C=O) groups is 2. The van der Waals surface area contributed by atoms with Gasteiger partial charge >= 0.3 is 11.9 Å². The Balaban J connectivity index is 2.75. The molecule has 0 radical (unpaired) electrons. The number of carboxylic acid groups (broad SMARTS) is 1. The lowest BCUT2D eigenvalue weighted by molar-refractivity contribution is -0.169. The van der Waals surface area contributed by atoms with Gasteiger partial charge in [0.15, 0.2) is 5.41 Å². The number of rotatable bonds is 2. The van der Waals surface area contributed by atoms with Gasteiger partial charge in [-0.25, -0.2) is 0 Å². The van der Waals surface area contributed by atoms with Gasteiger partial charge in [-0.05, 0) is 33.1 Å². The molecule has 0 amide bonds. The minimum Gasteiger partial charge on any atom is -0.480 e. The minimum atomic E-state index is -1.27. The third kappa shape index (κ3) is 1.74. The minimum absolute atomic E-state index is 0.116. The molecule has 0 unspecified atom stereocenters. The number of ether oxygens (including phenoxy) is 1. The van der Waals surface area contributed by atoms with Gasteiger partial charge in [-0.3, -0.25) is 9.59 Å². The fourth-order valence-electron chi connectivity index (χ4n) is 1.46. The summed E-state index contributed by atoms with van der Waals surface area (Å²) in [5, 5.41) is 8.94. The highest BCUT2D eigenvalue weighted by Crippen LogP contribution is 2.53. The summed E-state index contributed by atoms with van der Waals surface area (Å²) in [5.74, 6) is -1.79. The first-order chi connectivity index (χ1) is 6.20. The van der Waals surface area contributed by atoms with Gasteiger partial charge in [0.25, 0.3) is 0 Å². The molecular formula is C10H16O4. The van der Waals surface area contributed by atoms with Gasteiger partial charge in [-0.15, -0.1) is 0 Å². The van der Waals surface area contributed by atoms with Crippen molar-refractivity contribution in [3.63, 3.8) is 0 Å². The van der Waals surface area contributed by atoms with Crippen molar-refractivity contribution in [2.45, 2.75) is 39.7 Å². The molecule has 4 heteroatoms. The standard InChI is InChI=1S/C10H16O4/c1-6-5-10(6,7(11)12)8(13)14-9(2,3)4/h6H,5H2,1-4H3,(H,11,12)/t6-,10+/m1/s1. The Morgan fingerprint density at radius 3 is 2.07 bits per heavy atom. The van der Waals surface area contributed by atoms with Gasteiger partial charge < -0.3 is 9.84 Å². The molecule has 1 N–H and O–H groups in total. The van der Waals surface area contributed by atoms with Crippen LogP contribution in [0.4, 0.5) is 0 Å². The first-order valence-corrected chi connectivity index (χ1v) is 4.67. The second kappa shape index (κ2) is 2.97. The predicted octanol–water partition coefficient (Wildman–Crippen LogP) is 1.44. The lowest BCUT2D eigenvalue weighted by atomic mass is 10.0. The van der Waals surface area contributed by atoms with Crippen LogP contribution in [0.25, 0.3) is 0 Å². The molecule has 1 fully saturated rings. The van der Waals surface area contributed by atoms with Gasteiger partial charge in [0.1, 0.15) is 5.60 Å². The molecule has 0 bridgehead atoms. The largest absolute Gasteiger partial charge is 0.480 e. The molecule has 1 aliphatic carbocycles. The number of hydrogen-bond donors (Lipinski definition) is 1. The summed E-state index contributed by atoms with van der Waals surface area (Å²) in [6.07, 6.45) is 0.386. The summed E-state index contributed by atoms with van der Waals surface area (Å²) < 4.78 is 5.08. The Morgan fingerprint density at radius 2 is 1.86 bits per heavy atom. The van der Waals surface area contributed by atoms with Gasteiger partial charge in [-0.1, -0.05) is 6.92 Å². The van der Waals surface area contributed by atoms with E-state index in [0.717, 1.165) is 0 Å². The van der Waals surface area contributed by atoms with Crippen molar-refractivity contribution in [1.82, 2.24) is 0 Å². The second-order valence-electron chi connectivity index (χ2n) is 4.88. The first kappa shape index (κ1) is 11.0. The number of hydrogen-bond acceptors (Lipinski definition) is 3. The van der Waals surface area contributed by atoms with Crippen LogP contribution < -0.4 is 0 Å². The summed E-state index contributed by atoms with van der Waals surface area (Å²) in [6, 6.07) is 0. The van der Waals surface area contributed by atoms with Crippen molar-refractivity contribution in [1.29, 1.82) is 0 Å². The Hall–Kier alpha value is -1.06. The van der Waals surface area contributed by atoms with E-state index in [0.29, 0.717) is 6.42 Å². The maximum Gasteiger partial charge on any atom is 0.324 e. The van der Waals surface area contributed by atoms with Gasteiger partial charge in [0.05, 0.1) is 0 Å². The topological polar surface area (TPSA) is 63.6 Å². The van der Waals surface area contributed by atoms with Crippen LogP contribution in [0.5, 0.6) is 0 Å². The maximum atomic E-state index is 11.6. The van der Waals surface area contributed by atoms with Crippen molar-refractivity contribution in [3.8, 4) is 0 Å². The Kier molecular flexibility index (Phi) is 2.34. The van der Waals surface area contributed by atoms with Crippen molar-refractivity contribution in [3.05, 3.63) is 0 Å². The van der Waals surface area contributed by atoms with E-state index in [1.165, 1.54) is 0 Å². The highest BCUT2D eigenvalue weighted by molar-refractivity contribution is 6.03. The van der Waals surface area contributed by atoms with Crippen LogP contribution in [-0.4, -0.2) is 22.6 Å². The summed E-state index contributed by atoms with van der Waals surface area (Å²) >= 11 is 0. The molecule has 0 aliphatic heterocycles. The van der Waals surface area contributed by atoms with E-state index in [2.05, 4.69) is 0 Å². The molecule has 0 saturated heterocycles. The van der Waals surface area contributed by atoms with Gasteiger partial charge in [0.2, 0.25) is 0 Å². The average molecular weight is 200 g/mol. The molecular weight excluding hydrogens is 184 g/mol. The molecule has 0 heterocycles. The molecule has 0 aromatic carbocycles. The Morgan fingerprint density at radius 1 is 1.43 bits per heavy atom. The smallest absolute Gasteiger partial charge is 0.324 e. The zero-order valence-corrected chi connectivity index (χ0v) is 8.96. The molecule has 1 saturated carbocycles. The lowest BCUT2D eigenvalue weighted by Crippen LogP contribution is -2.35. The van der Waals surface area contributed by atoms with E-state index in [4.69, 9.17) is 9.84 Å². The van der Waals surface area contributed by atoms with E-state index in [1.54, 1.807) is 27.7 Å². The third-order valence-electron chi connectivity index (χ3n) is 2.45. The van der Waals surface area contributed by atoms with Crippen molar-refractivity contribution < 1.29 is 19.4 Å². The SMILES string of the molecule is C[C@@H]1C[C@]1(C(=O)O)C(=O)OC(C)(C)C. The Labute approximate surface area is 83.2 Å². The maximum absolute atomic E-state index is 11.6. The van der Waals surface area contributed by atoms with Crippen LogP contribution >= 0.6 is 0 Å². The Bertz CT molecular complexity index is 276. The first-order valence-electron chi connectivity index (χ1n) is 4.67. The third-order valence-corrected chi connectivity index (χ3v) is 2.45. The molecule has 1 rings (SSSR count). The van der Waals surface area contributed by atoms with E-state index in [-0.39, 0.29) is 5.92 Å². The predicted molar refractivity (Wildman–Crippen MR) is 49.7 cm³/mol. The number of carbonyl (C=O) groups excluding carboxylic acids is 1. The van der Waals surface area contributed by atoms with Crippen LogP contribution in [0.1, 0.15) is 34.1 Å². The zero-order valence-electron chi connectivity index (χ0n) is 8.96. The van der Waals surface area contributed by atoms with Crippen LogP contribution in [0.15, 0.2) is 0 Å². The van der Waals surface area contributed by atoms with E-state index in [1.807, 2.05) is 0 Å². The molecule has 0 spiro atoms. The highest BCUT2D eigenvalue weighted by Gasteiger charge is 2.65. The van der Waals surface area contributed by atoms with Crippen LogP contribution in [0.2, 0.25) is 0 Å². The van der Waals surface area contributed by atoms with Crippen molar-refractivity contribution in [2.75, 3.05) is 0 Å². The molecule has 2 atom stereocenters. The molecule has 0 aromatic rings. The van der Waals surface area contributed by atoms with E-state index in [9.17, 15) is 9.59 Å². The second-order valence-corrected chi connectivity index (χ2v) is 4.88. The summed E-state index contributed by atoms with van der Waals surface area (Å²) in [7, 11) is 0. The van der Waals surface area contributed by atoms with Crippen LogP contribution in [0.3, 0.4) is 0 Å². The molecule has 4 nitrogen and oxygen atoms in total. The average Bonchev–Trinajstić information content (AvgIpc) is 2.58. The molecule has 80 valence electrons. The molecule has 14 heavy (non-hydrogen) atoms. The fraction of sp³-hybridized carbons (Fsp3) is 0.800.